The van der Waals surface area contributed by atoms with Gasteiger partial charge in [0, 0.05) is 51.0 Å². The van der Waals surface area contributed by atoms with Crippen molar-refractivity contribution in [1.29, 1.82) is 0 Å². The second-order valence-corrected chi connectivity index (χ2v) is 8.31. The number of nitrogens with zero attached hydrogens (tertiary/aromatic N) is 4. The van der Waals surface area contributed by atoms with Gasteiger partial charge in [-0.25, -0.2) is 4.79 Å². The lowest BCUT2D eigenvalue weighted by molar-refractivity contribution is -0.137. The van der Waals surface area contributed by atoms with Crippen molar-refractivity contribution in [3.63, 3.8) is 0 Å². The minimum absolute atomic E-state index is 0.0643. The second kappa shape index (κ2) is 9.93. The highest BCUT2D eigenvalue weighted by molar-refractivity contribution is 5.98. The number of carbonyl (C=O) groups is 2. The SMILES string of the molecule is COc1ccc(OC)c(N2CCN(CC(=O)N3CCN(c4cccc(C(F)(F)F)c4)CC3)C2=O)c1. The highest BCUT2D eigenvalue weighted by atomic mass is 19.4. The number of halogens is 3. The van der Waals surface area contributed by atoms with Crippen molar-refractivity contribution in [3.05, 3.63) is 48.0 Å². The normalized spacial score (nSPS) is 16.7. The van der Waals surface area contributed by atoms with Gasteiger partial charge in [-0.1, -0.05) is 6.07 Å². The van der Waals surface area contributed by atoms with Crippen molar-refractivity contribution >= 4 is 23.3 Å². The molecule has 2 saturated heterocycles. The predicted octanol–water partition coefficient (Wildman–Crippen LogP) is 3.31. The van der Waals surface area contributed by atoms with Gasteiger partial charge >= 0.3 is 12.2 Å². The number of alkyl halides is 3. The number of benzene rings is 2. The van der Waals surface area contributed by atoms with Crippen molar-refractivity contribution in [2.75, 3.05) is 69.8 Å². The van der Waals surface area contributed by atoms with Gasteiger partial charge in [0.1, 0.15) is 18.0 Å². The first-order valence-corrected chi connectivity index (χ1v) is 11.2. The van der Waals surface area contributed by atoms with Crippen LogP contribution in [0.3, 0.4) is 0 Å². The molecule has 0 bridgehead atoms. The van der Waals surface area contributed by atoms with Crippen molar-refractivity contribution < 1.29 is 32.2 Å². The van der Waals surface area contributed by atoms with Crippen molar-refractivity contribution in [1.82, 2.24) is 9.80 Å². The Bertz CT molecular complexity index is 1090. The van der Waals surface area contributed by atoms with E-state index in [0.717, 1.165) is 12.1 Å². The molecule has 0 saturated carbocycles. The highest BCUT2D eigenvalue weighted by Gasteiger charge is 2.35. The lowest BCUT2D eigenvalue weighted by Gasteiger charge is -2.37. The summed E-state index contributed by atoms with van der Waals surface area (Å²) in [4.78, 5) is 32.4. The van der Waals surface area contributed by atoms with Crippen LogP contribution >= 0.6 is 0 Å². The Morgan fingerprint density at radius 1 is 0.943 bits per heavy atom. The molecule has 0 aliphatic carbocycles. The lowest BCUT2D eigenvalue weighted by atomic mass is 10.1. The molecular formula is C24H27F3N4O4. The number of ether oxygens (including phenoxy) is 2. The van der Waals surface area contributed by atoms with E-state index in [9.17, 15) is 22.8 Å². The van der Waals surface area contributed by atoms with Crippen LogP contribution in [0.1, 0.15) is 5.56 Å². The number of amides is 3. The maximum atomic E-state index is 13.0. The van der Waals surface area contributed by atoms with Crippen LogP contribution in [-0.2, 0) is 11.0 Å². The number of carbonyl (C=O) groups excluding carboxylic acids is 2. The molecule has 188 valence electrons. The predicted molar refractivity (Wildman–Crippen MR) is 124 cm³/mol. The summed E-state index contributed by atoms with van der Waals surface area (Å²) in [6.45, 7) is 2.27. The van der Waals surface area contributed by atoms with E-state index < -0.39 is 11.7 Å². The highest BCUT2D eigenvalue weighted by Crippen LogP contribution is 2.34. The van der Waals surface area contributed by atoms with Gasteiger partial charge in [0.15, 0.2) is 0 Å². The first-order valence-electron chi connectivity index (χ1n) is 11.2. The molecule has 11 heteroatoms. The first kappa shape index (κ1) is 24.5. The van der Waals surface area contributed by atoms with Crippen LogP contribution in [0.4, 0.5) is 29.3 Å². The van der Waals surface area contributed by atoms with Crippen molar-refractivity contribution in [2.45, 2.75) is 6.18 Å². The number of hydrogen-bond acceptors (Lipinski definition) is 5. The fourth-order valence-electron chi connectivity index (χ4n) is 4.32. The number of urea groups is 1. The van der Waals surface area contributed by atoms with Gasteiger partial charge in [0.2, 0.25) is 5.91 Å². The van der Waals surface area contributed by atoms with E-state index >= 15 is 0 Å². The number of rotatable bonds is 6. The van der Waals surface area contributed by atoms with Crippen molar-refractivity contribution in [3.8, 4) is 11.5 Å². The van der Waals surface area contributed by atoms with Crippen LogP contribution in [0, 0.1) is 0 Å². The molecule has 0 unspecified atom stereocenters. The summed E-state index contributed by atoms with van der Waals surface area (Å²) in [5, 5.41) is 0. The van der Waals surface area contributed by atoms with E-state index in [-0.39, 0.29) is 18.5 Å². The lowest BCUT2D eigenvalue weighted by Crippen LogP contribution is -2.51. The van der Waals surface area contributed by atoms with E-state index in [1.165, 1.54) is 25.2 Å². The number of methoxy groups -OCH3 is 2. The number of anilines is 2. The van der Waals surface area contributed by atoms with E-state index in [1.54, 1.807) is 34.1 Å². The minimum atomic E-state index is -4.40. The molecule has 0 radical (unpaired) electrons. The zero-order valence-electron chi connectivity index (χ0n) is 19.5. The quantitative estimate of drug-likeness (QED) is 0.619. The van der Waals surface area contributed by atoms with Crippen LogP contribution < -0.4 is 19.3 Å². The molecule has 2 aromatic rings. The molecule has 0 spiro atoms. The van der Waals surface area contributed by atoms with Crippen LogP contribution in [0.15, 0.2) is 42.5 Å². The third-order valence-electron chi connectivity index (χ3n) is 6.27. The van der Waals surface area contributed by atoms with Gasteiger partial charge in [-0.2, -0.15) is 13.2 Å². The molecule has 2 aliphatic rings. The molecule has 2 heterocycles. The van der Waals surface area contributed by atoms with E-state index in [1.807, 2.05) is 4.90 Å². The van der Waals surface area contributed by atoms with E-state index in [2.05, 4.69) is 0 Å². The van der Waals surface area contributed by atoms with E-state index in [4.69, 9.17) is 9.47 Å². The first-order chi connectivity index (χ1) is 16.7. The zero-order chi connectivity index (χ0) is 25.2. The fraction of sp³-hybridized carbons (Fsp3) is 0.417. The largest absolute Gasteiger partial charge is 0.497 e. The number of hydrogen-bond donors (Lipinski definition) is 0. The van der Waals surface area contributed by atoms with E-state index in [0.29, 0.717) is 62.1 Å². The summed E-state index contributed by atoms with van der Waals surface area (Å²) in [6.07, 6.45) is -4.40. The van der Waals surface area contributed by atoms with Gasteiger partial charge in [0.25, 0.3) is 0 Å². The Morgan fingerprint density at radius 3 is 2.34 bits per heavy atom. The average molecular weight is 492 g/mol. The van der Waals surface area contributed by atoms with Crippen LogP contribution in [0.25, 0.3) is 0 Å². The third-order valence-corrected chi connectivity index (χ3v) is 6.27. The number of piperazine rings is 1. The summed E-state index contributed by atoms with van der Waals surface area (Å²) in [5.41, 5.74) is 0.351. The van der Waals surface area contributed by atoms with Crippen molar-refractivity contribution in [2.24, 2.45) is 0 Å². The van der Waals surface area contributed by atoms with Gasteiger partial charge in [-0.15, -0.1) is 0 Å². The summed E-state index contributed by atoms with van der Waals surface area (Å²) in [6, 6.07) is 10.1. The molecule has 35 heavy (non-hydrogen) atoms. The molecule has 0 N–H and O–H groups in total. The molecular weight excluding hydrogens is 465 g/mol. The maximum absolute atomic E-state index is 13.0. The minimum Gasteiger partial charge on any atom is -0.497 e. The summed E-state index contributed by atoms with van der Waals surface area (Å²) in [5.74, 6) is 0.918. The Kier molecular flexibility index (Phi) is 6.95. The topological polar surface area (TPSA) is 65.6 Å². The molecule has 2 aromatic carbocycles. The second-order valence-electron chi connectivity index (χ2n) is 8.31. The Morgan fingerprint density at radius 2 is 1.69 bits per heavy atom. The van der Waals surface area contributed by atoms with Crippen LogP contribution in [0.2, 0.25) is 0 Å². The summed E-state index contributed by atoms with van der Waals surface area (Å²) >= 11 is 0. The molecule has 2 fully saturated rings. The summed E-state index contributed by atoms with van der Waals surface area (Å²) in [7, 11) is 3.06. The fourth-order valence-corrected chi connectivity index (χ4v) is 4.32. The van der Waals surface area contributed by atoms with Gasteiger partial charge in [0.05, 0.1) is 25.5 Å². The summed E-state index contributed by atoms with van der Waals surface area (Å²) < 4.78 is 49.7. The molecule has 0 atom stereocenters. The Hall–Kier alpha value is -3.63. The maximum Gasteiger partial charge on any atom is 0.416 e. The van der Waals surface area contributed by atoms with Crippen LogP contribution in [0.5, 0.6) is 11.5 Å². The molecule has 4 rings (SSSR count). The van der Waals surface area contributed by atoms with Gasteiger partial charge in [-0.3, -0.25) is 9.69 Å². The molecule has 2 aliphatic heterocycles. The smallest absolute Gasteiger partial charge is 0.416 e. The standard InChI is InChI=1S/C24H27F3N4O4/c1-34-19-6-7-21(35-2)20(15-19)31-13-12-30(23(31)33)16-22(32)29-10-8-28(9-11-29)18-5-3-4-17(14-18)24(25,26)27/h3-7,14-15H,8-13,16H2,1-2H3. The monoisotopic (exact) mass is 492 g/mol. The van der Waals surface area contributed by atoms with Gasteiger partial charge in [-0.05, 0) is 30.3 Å². The zero-order valence-corrected chi connectivity index (χ0v) is 19.5. The molecule has 8 nitrogen and oxygen atoms in total. The van der Waals surface area contributed by atoms with Gasteiger partial charge < -0.3 is 24.2 Å². The third kappa shape index (κ3) is 5.23. The average Bonchev–Trinajstić information content (AvgIpc) is 3.22. The van der Waals surface area contributed by atoms with Crippen LogP contribution in [-0.4, -0.2) is 81.8 Å². The Labute approximate surface area is 201 Å². The Balaban J connectivity index is 1.35. The molecule has 3 amide bonds. The molecule has 0 aromatic heterocycles.